The molecule has 0 aromatic carbocycles. The summed E-state index contributed by atoms with van der Waals surface area (Å²) in [6.45, 7) is 12.6. The zero-order valence-corrected chi connectivity index (χ0v) is 16.6. The molecule has 26 heavy (non-hydrogen) atoms. The Hall–Kier alpha value is -1.82. The average Bonchev–Trinajstić information content (AvgIpc) is 3.17. The largest absolute Gasteiger partial charge is 0.381 e. The van der Waals surface area contributed by atoms with E-state index in [2.05, 4.69) is 58.4 Å². The first-order valence-electron chi connectivity index (χ1n) is 9.99. The monoisotopic (exact) mass is 361 g/mol. The number of nitrogens with zero attached hydrogens (tertiary/aromatic N) is 3. The fourth-order valence-corrected chi connectivity index (χ4v) is 2.86. The van der Waals surface area contributed by atoms with Crippen LogP contribution in [0.1, 0.15) is 45.6 Å². The minimum atomic E-state index is 0.590. The van der Waals surface area contributed by atoms with Crippen LogP contribution in [0.4, 0.5) is 5.82 Å². The molecule has 146 valence electrons. The first-order chi connectivity index (χ1) is 12.7. The molecule has 0 atom stereocenters. The second-order valence-corrected chi connectivity index (χ2v) is 7.16. The number of nitrogens with one attached hydrogen (secondary N) is 2. The Kier molecular flexibility index (Phi) is 9.24. The molecule has 0 saturated carbocycles. The van der Waals surface area contributed by atoms with E-state index in [1.165, 1.54) is 12.8 Å². The number of hydrogen-bond acceptors (Lipinski definition) is 4. The van der Waals surface area contributed by atoms with Crippen molar-refractivity contribution in [2.45, 2.75) is 46.6 Å². The van der Waals surface area contributed by atoms with Gasteiger partial charge in [0, 0.05) is 45.6 Å². The van der Waals surface area contributed by atoms with Gasteiger partial charge in [0.1, 0.15) is 5.82 Å². The molecule has 1 aromatic rings. The molecule has 2 heterocycles. The van der Waals surface area contributed by atoms with Gasteiger partial charge in [0.15, 0.2) is 5.96 Å². The molecule has 2 rings (SSSR count). The number of rotatable bonds is 10. The van der Waals surface area contributed by atoms with Crippen LogP contribution in [-0.2, 0) is 11.3 Å². The Morgan fingerprint density at radius 3 is 2.73 bits per heavy atom. The number of aliphatic imine (C=N–C) groups is 1. The summed E-state index contributed by atoms with van der Waals surface area (Å²) in [5, 5.41) is 6.65. The topological polar surface area (TPSA) is 61.8 Å². The fourth-order valence-electron chi connectivity index (χ4n) is 2.86. The number of ether oxygens (including phenoxy) is 1. The highest BCUT2D eigenvalue weighted by molar-refractivity contribution is 5.79. The summed E-state index contributed by atoms with van der Waals surface area (Å²) in [6.07, 6.45) is 5.46. The molecule has 1 saturated heterocycles. The van der Waals surface area contributed by atoms with Crippen molar-refractivity contribution in [3.8, 4) is 0 Å². The van der Waals surface area contributed by atoms with Crippen LogP contribution >= 0.6 is 0 Å². The Morgan fingerprint density at radius 1 is 1.27 bits per heavy atom. The third-order valence-electron chi connectivity index (χ3n) is 4.21. The zero-order chi connectivity index (χ0) is 18.6. The Balaban J connectivity index is 1.74. The van der Waals surface area contributed by atoms with Crippen molar-refractivity contribution in [1.82, 2.24) is 15.6 Å². The van der Waals surface area contributed by atoms with Crippen LogP contribution < -0.4 is 15.5 Å². The van der Waals surface area contributed by atoms with Crippen LogP contribution in [0.15, 0.2) is 23.3 Å². The molecule has 6 heteroatoms. The fraction of sp³-hybridized carbons (Fsp3) is 0.700. The van der Waals surface area contributed by atoms with E-state index in [4.69, 9.17) is 4.74 Å². The van der Waals surface area contributed by atoms with Crippen LogP contribution in [0.2, 0.25) is 0 Å². The molecule has 1 aromatic heterocycles. The summed E-state index contributed by atoms with van der Waals surface area (Å²) in [5.74, 6) is 2.52. The van der Waals surface area contributed by atoms with Crippen LogP contribution in [-0.4, -0.2) is 50.3 Å². The molecule has 1 aliphatic rings. The summed E-state index contributed by atoms with van der Waals surface area (Å²) < 4.78 is 5.61. The van der Waals surface area contributed by atoms with Crippen LogP contribution in [0, 0.1) is 5.92 Å². The van der Waals surface area contributed by atoms with E-state index in [1.54, 1.807) is 0 Å². The van der Waals surface area contributed by atoms with E-state index < -0.39 is 0 Å². The van der Waals surface area contributed by atoms with E-state index in [9.17, 15) is 0 Å². The highest BCUT2D eigenvalue weighted by Crippen LogP contribution is 2.17. The molecule has 0 spiro atoms. The summed E-state index contributed by atoms with van der Waals surface area (Å²) >= 11 is 0. The van der Waals surface area contributed by atoms with Gasteiger partial charge in [-0.05, 0) is 43.7 Å². The average molecular weight is 362 g/mol. The maximum absolute atomic E-state index is 5.61. The van der Waals surface area contributed by atoms with Crippen LogP contribution in [0.5, 0.6) is 0 Å². The third kappa shape index (κ3) is 7.60. The van der Waals surface area contributed by atoms with E-state index in [1.807, 2.05) is 6.20 Å². The highest BCUT2D eigenvalue weighted by Gasteiger charge is 2.12. The Morgan fingerprint density at radius 2 is 2.08 bits per heavy atom. The van der Waals surface area contributed by atoms with E-state index in [0.29, 0.717) is 12.5 Å². The minimum Gasteiger partial charge on any atom is -0.381 e. The number of anilines is 1. The Labute approximate surface area is 158 Å². The van der Waals surface area contributed by atoms with Crippen molar-refractivity contribution in [3.63, 3.8) is 0 Å². The van der Waals surface area contributed by atoms with Gasteiger partial charge in [-0.3, -0.25) is 0 Å². The first kappa shape index (κ1) is 20.5. The highest BCUT2D eigenvalue weighted by atomic mass is 16.5. The lowest BCUT2D eigenvalue weighted by Crippen LogP contribution is -2.38. The third-order valence-corrected chi connectivity index (χ3v) is 4.21. The maximum atomic E-state index is 5.61. The molecule has 0 aliphatic carbocycles. The zero-order valence-electron chi connectivity index (χ0n) is 16.6. The van der Waals surface area contributed by atoms with Gasteiger partial charge in [-0.15, -0.1) is 0 Å². The molecule has 0 radical (unpaired) electrons. The minimum absolute atomic E-state index is 0.590. The summed E-state index contributed by atoms with van der Waals surface area (Å²) in [7, 11) is 0. The van der Waals surface area contributed by atoms with E-state index in [-0.39, 0.29) is 0 Å². The van der Waals surface area contributed by atoms with Crippen molar-refractivity contribution in [2.24, 2.45) is 10.9 Å². The lowest BCUT2D eigenvalue weighted by molar-refractivity contribution is 0.108. The molecule has 0 amide bonds. The lowest BCUT2D eigenvalue weighted by atomic mass is 10.2. The van der Waals surface area contributed by atoms with E-state index >= 15 is 0 Å². The summed E-state index contributed by atoms with van der Waals surface area (Å²) in [6, 6.07) is 4.25. The second-order valence-electron chi connectivity index (χ2n) is 7.16. The maximum Gasteiger partial charge on any atom is 0.191 e. The predicted octanol–water partition coefficient (Wildman–Crippen LogP) is 2.80. The van der Waals surface area contributed by atoms with Gasteiger partial charge in [0.05, 0.1) is 6.54 Å². The van der Waals surface area contributed by atoms with Gasteiger partial charge in [-0.1, -0.05) is 19.9 Å². The molecular weight excluding hydrogens is 326 g/mol. The quantitative estimate of drug-likeness (QED) is 0.381. The lowest BCUT2D eigenvalue weighted by Gasteiger charge is -2.16. The summed E-state index contributed by atoms with van der Waals surface area (Å²) in [4.78, 5) is 11.6. The molecule has 0 unspecified atom stereocenters. The normalized spacial score (nSPS) is 14.9. The predicted molar refractivity (Wildman–Crippen MR) is 109 cm³/mol. The van der Waals surface area contributed by atoms with Crippen molar-refractivity contribution < 1.29 is 4.74 Å². The first-order valence-corrected chi connectivity index (χ1v) is 9.99. The molecule has 0 bridgehead atoms. The Bertz CT molecular complexity index is 524. The van der Waals surface area contributed by atoms with Crippen molar-refractivity contribution >= 4 is 11.8 Å². The molecule has 1 fully saturated rings. The van der Waals surface area contributed by atoms with E-state index in [0.717, 1.165) is 63.2 Å². The van der Waals surface area contributed by atoms with Gasteiger partial charge in [0.2, 0.25) is 0 Å². The van der Waals surface area contributed by atoms with Gasteiger partial charge < -0.3 is 20.3 Å². The smallest absolute Gasteiger partial charge is 0.191 e. The molecule has 2 N–H and O–H groups in total. The van der Waals surface area contributed by atoms with Gasteiger partial charge >= 0.3 is 0 Å². The van der Waals surface area contributed by atoms with Gasteiger partial charge in [-0.2, -0.15) is 0 Å². The molecule has 1 aliphatic heterocycles. The molecular formula is C20H35N5O. The molecule has 6 nitrogen and oxygen atoms in total. The standard InChI is InChI=1S/C20H35N5O/c1-4-21-20(22-10-7-13-26-16-17(2)3)24-15-18-8-9-19(23-14-18)25-11-5-6-12-25/h8-9,14,17H,4-7,10-13,15-16H2,1-3H3,(H2,21,22,24). The number of hydrogen-bond donors (Lipinski definition) is 2. The van der Waals surface area contributed by atoms with Gasteiger partial charge in [-0.25, -0.2) is 9.98 Å². The van der Waals surface area contributed by atoms with Crippen molar-refractivity contribution in [1.29, 1.82) is 0 Å². The number of guanidine groups is 1. The second kappa shape index (κ2) is 11.7. The van der Waals surface area contributed by atoms with Crippen LogP contribution in [0.25, 0.3) is 0 Å². The number of pyridine rings is 1. The van der Waals surface area contributed by atoms with Gasteiger partial charge in [0.25, 0.3) is 0 Å². The van der Waals surface area contributed by atoms with Crippen LogP contribution in [0.3, 0.4) is 0 Å². The van der Waals surface area contributed by atoms with Crippen molar-refractivity contribution in [3.05, 3.63) is 23.9 Å². The number of aromatic nitrogens is 1. The SMILES string of the molecule is CCNC(=NCc1ccc(N2CCCC2)nc1)NCCCOCC(C)C. The van der Waals surface area contributed by atoms with Crippen molar-refractivity contribution in [2.75, 3.05) is 44.3 Å². The summed E-state index contributed by atoms with van der Waals surface area (Å²) in [5.41, 5.74) is 1.13.